The molecule has 0 bridgehead atoms. The molecule has 2 saturated heterocycles. The zero-order valence-electron chi connectivity index (χ0n) is 37.8. The Morgan fingerprint density at radius 3 is 1.57 bits per heavy atom. The first-order valence-electron chi connectivity index (χ1n) is 20.5. The van der Waals surface area contributed by atoms with Crippen LogP contribution in [0.2, 0.25) is 36.3 Å². The summed E-state index contributed by atoms with van der Waals surface area (Å²) in [5.74, 6) is 0.606. The monoisotopic (exact) mass is 868 g/mol. The van der Waals surface area contributed by atoms with Crippen LogP contribution in [0.5, 0.6) is 23.0 Å². The van der Waals surface area contributed by atoms with Gasteiger partial charge in [-0.25, -0.2) is 4.79 Å². The van der Waals surface area contributed by atoms with E-state index in [0.29, 0.717) is 62.6 Å². The Labute approximate surface area is 358 Å². The predicted molar refractivity (Wildman–Crippen MR) is 241 cm³/mol. The molecule has 2 aromatic rings. The smallest absolute Gasteiger partial charge is 0.409 e. The third kappa shape index (κ3) is 11.4. The van der Waals surface area contributed by atoms with E-state index in [9.17, 15) is 19.5 Å². The summed E-state index contributed by atoms with van der Waals surface area (Å²) in [6.07, 6.45) is 0.314. The van der Waals surface area contributed by atoms with E-state index in [1.54, 1.807) is 21.9 Å². The number of methoxy groups -OCH3 is 2. The van der Waals surface area contributed by atoms with Gasteiger partial charge in [-0.1, -0.05) is 65.8 Å². The maximum Gasteiger partial charge on any atom is 0.409 e. The highest BCUT2D eigenvalue weighted by Crippen LogP contribution is 2.41. The third-order valence-corrected chi connectivity index (χ3v) is 21.3. The molecule has 2 heterocycles. The SMILES string of the molecule is C=C1CC(CO[Si](C)(C)C(C)(C)C)N(C(=O)c2cc(OC)c(OCCCOc3cc(NC(=O)O)c(C(=O)N4CC(=C)CC4CO[Si](C)(C)C(C)(C)C)cc3OC)cc2N)C1. The molecule has 0 saturated carbocycles. The zero-order chi connectivity index (χ0) is 45.0. The van der Waals surface area contributed by atoms with Gasteiger partial charge in [-0.05, 0) is 61.2 Å². The highest BCUT2D eigenvalue weighted by molar-refractivity contribution is 6.74. The van der Waals surface area contributed by atoms with Crippen LogP contribution in [0.4, 0.5) is 16.2 Å². The number of benzene rings is 2. The molecule has 2 aliphatic rings. The van der Waals surface area contributed by atoms with Crippen LogP contribution in [-0.4, -0.2) is 115 Å². The van der Waals surface area contributed by atoms with Crippen molar-refractivity contribution in [3.05, 3.63) is 59.7 Å². The second kappa shape index (κ2) is 19.0. The minimum absolute atomic E-state index is 0.00468. The van der Waals surface area contributed by atoms with Crippen molar-refractivity contribution in [1.29, 1.82) is 0 Å². The van der Waals surface area contributed by atoms with Crippen molar-refractivity contribution in [3.8, 4) is 23.0 Å². The van der Waals surface area contributed by atoms with Crippen molar-refractivity contribution < 1.29 is 47.3 Å². The number of nitrogens with zero attached hydrogens (tertiary/aromatic N) is 2. The fraction of sp³-hybridized carbons (Fsp3) is 0.568. The number of likely N-dealkylation sites (tertiary alicyclic amines) is 2. The molecule has 2 aromatic carbocycles. The molecule has 2 fully saturated rings. The van der Waals surface area contributed by atoms with E-state index in [4.69, 9.17) is 33.5 Å². The van der Waals surface area contributed by atoms with Crippen molar-refractivity contribution in [2.45, 2.75) is 109 Å². The number of nitrogens with one attached hydrogen (secondary N) is 1. The zero-order valence-corrected chi connectivity index (χ0v) is 39.8. The number of nitrogen functional groups attached to an aromatic ring is 1. The predicted octanol–water partition coefficient (Wildman–Crippen LogP) is 8.81. The fourth-order valence-electron chi connectivity index (χ4n) is 6.56. The number of carbonyl (C=O) groups excluding carboxylic acids is 2. The van der Waals surface area contributed by atoms with Crippen LogP contribution in [-0.2, 0) is 8.85 Å². The normalized spacial score (nSPS) is 17.5. The number of ether oxygens (including phenoxy) is 4. The molecule has 60 heavy (non-hydrogen) atoms. The number of carboxylic acid groups (broad SMARTS) is 1. The highest BCUT2D eigenvalue weighted by Gasteiger charge is 2.42. The molecule has 0 aromatic heterocycles. The van der Waals surface area contributed by atoms with E-state index in [0.717, 1.165) is 11.1 Å². The van der Waals surface area contributed by atoms with Crippen molar-refractivity contribution in [1.82, 2.24) is 9.80 Å². The first kappa shape index (κ1) is 48.2. The van der Waals surface area contributed by atoms with Crippen LogP contribution in [0.15, 0.2) is 48.6 Å². The minimum atomic E-state index is -2.10. The van der Waals surface area contributed by atoms with Crippen LogP contribution < -0.4 is 30.0 Å². The molecular formula is C44H68N4O10Si2. The lowest BCUT2D eigenvalue weighted by molar-refractivity contribution is 0.0680. The Hall–Kier alpha value is -4.52. The molecule has 2 atom stereocenters. The molecular weight excluding hydrogens is 801 g/mol. The Morgan fingerprint density at radius 1 is 0.733 bits per heavy atom. The lowest BCUT2D eigenvalue weighted by Gasteiger charge is -2.38. The molecule has 2 unspecified atom stereocenters. The van der Waals surface area contributed by atoms with Crippen molar-refractivity contribution in [3.63, 3.8) is 0 Å². The lowest BCUT2D eigenvalue weighted by Crippen LogP contribution is -2.46. The Bertz CT molecular complexity index is 1940. The number of nitrogens with two attached hydrogens (primary N) is 1. The summed E-state index contributed by atoms with van der Waals surface area (Å²) in [6.45, 7) is 31.9. The molecule has 14 nitrogen and oxygen atoms in total. The van der Waals surface area contributed by atoms with Gasteiger partial charge in [0.1, 0.15) is 0 Å². The summed E-state index contributed by atoms with van der Waals surface area (Å²) < 4.78 is 36.3. The molecule has 2 aliphatic heterocycles. The Kier molecular flexibility index (Phi) is 15.3. The van der Waals surface area contributed by atoms with Crippen molar-refractivity contribution in [2.75, 3.05) is 64.8 Å². The summed E-state index contributed by atoms with van der Waals surface area (Å²) in [4.78, 5) is 43.4. The van der Waals surface area contributed by atoms with Crippen LogP contribution in [0.25, 0.3) is 0 Å². The molecule has 4 N–H and O–H groups in total. The van der Waals surface area contributed by atoms with Gasteiger partial charge >= 0.3 is 6.09 Å². The van der Waals surface area contributed by atoms with Gasteiger partial charge in [0.15, 0.2) is 39.6 Å². The molecule has 0 aliphatic carbocycles. The molecule has 332 valence electrons. The lowest BCUT2D eigenvalue weighted by atomic mass is 10.1. The Balaban J connectivity index is 1.43. The summed E-state index contributed by atoms with van der Waals surface area (Å²) in [5.41, 5.74) is 9.05. The van der Waals surface area contributed by atoms with Crippen molar-refractivity contribution in [2.24, 2.45) is 0 Å². The van der Waals surface area contributed by atoms with Crippen LogP contribution in [0, 0.1) is 0 Å². The Morgan fingerprint density at radius 2 is 1.15 bits per heavy atom. The second-order valence-electron chi connectivity index (χ2n) is 18.8. The van der Waals surface area contributed by atoms with Gasteiger partial charge in [0, 0.05) is 37.3 Å². The molecule has 3 amide bonds. The second-order valence-corrected chi connectivity index (χ2v) is 28.5. The van der Waals surface area contributed by atoms with Gasteiger partial charge in [0.25, 0.3) is 11.8 Å². The van der Waals surface area contributed by atoms with Crippen molar-refractivity contribution >= 4 is 45.9 Å². The van der Waals surface area contributed by atoms with E-state index in [1.165, 1.54) is 26.4 Å². The van der Waals surface area contributed by atoms with Crippen LogP contribution in [0.3, 0.4) is 0 Å². The van der Waals surface area contributed by atoms with Crippen LogP contribution in [0.1, 0.15) is 81.5 Å². The standard InChI is InChI=1S/C44H68N4O10Si2/c1-28-18-30(26-57-59(11,12)43(3,4)5)47(24-28)40(49)32-20-36(53-9)38(22-34(32)45)55-16-15-17-56-39-23-35(46-42(51)52)33(21-37(39)54-10)41(50)48-25-29(2)19-31(48)27-58-60(13,14)44(6,7)8/h20-23,30-31,46H,1-2,15-19,24-27,45H2,3-14H3,(H,51,52). The minimum Gasteiger partial charge on any atom is -0.493 e. The number of hydrogen-bond acceptors (Lipinski definition) is 10. The number of amides is 3. The maximum absolute atomic E-state index is 14.1. The maximum atomic E-state index is 14.1. The van der Waals surface area contributed by atoms with E-state index >= 15 is 0 Å². The first-order chi connectivity index (χ1) is 27.8. The van der Waals surface area contributed by atoms with E-state index < -0.39 is 22.7 Å². The molecule has 0 radical (unpaired) electrons. The summed E-state index contributed by atoms with van der Waals surface area (Å²) in [5, 5.41) is 12.1. The average Bonchev–Trinajstić information content (AvgIpc) is 3.72. The number of anilines is 2. The quantitative estimate of drug-likeness (QED) is 0.0601. The van der Waals surface area contributed by atoms with Gasteiger partial charge in [0.05, 0.1) is 69.5 Å². The van der Waals surface area contributed by atoms with Gasteiger partial charge in [-0.15, -0.1) is 0 Å². The molecule has 4 rings (SSSR count). The van der Waals surface area contributed by atoms with Gasteiger partial charge in [-0.2, -0.15) is 0 Å². The average molecular weight is 869 g/mol. The largest absolute Gasteiger partial charge is 0.493 e. The molecule has 0 spiro atoms. The number of hydrogen-bond donors (Lipinski definition) is 3. The highest BCUT2D eigenvalue weighted by atomic mass is 28.4. The topological polar surface area (TPSA) is 171 Å². The van der Waals surface area contributed by atoms with Gasteiger partial charge in [0.2, 0.25) is 0 Å². The summed E-state index contributed by atoms with van der Waals surface area (Å²) >= 11 is 0. The van der Waals surface area contributed by atoms with E-state index in [1.807, 2.05) is 0 Å². The van der Waals surface area contributed by atoms with E-state index in [2.05, 4.69) is 86.2 Å². The van der Waals surface area contributed by atoms with E-state index in [-0.39, 0.29) is 75.6 Å². The fourth-order valence-corrected chi connectivity index (χ4v) is 8.65. The summed E-state index contributed by atoms with van der Waals surface area (Å²) in [7, 11) is -1.19. The third-order valence-electron chi connectivity index (χ3n) is 12.3. The van der Waals surface area contributed by atoms with Gasteiger partial charge < -0.3 is 48.4 Å². The number of carbonyl (C=O) groups is 3. The van der Waals surface area contributed by atoms with Gasteiger partial charge in [-0.3, -0.25) is 14.9 Å². The van der Waals surface area contributed by atoms with Crippen LogP contribution >= 0.6 is 0 Å². The molecule has 16 heteroatoms. The first-order valence-corrected chi connectivity index (χ1v) is 26.3. The summed E-state index contributed by atoms with van der Waals surface area (Å²) in [6, 6.07) is 5.72. The number of rotatable bonds is 17.